The molecule has 2 atom stereocenters. The molecule has 0 spiro atoms. The quantitative estimate of drug-likeness (QED) is 0.792. The summed E-state index contributed by atoms with van der Waals surface area (Å²) < 4.78 is 0. The van der Waals surface area contributed by atoms with Crippen molar-refractivity contribution in [3.05, 3.63) is 0 Å². The van der Waals surface area contributed by atoms with Crippen molar-refractivity contribution in [2.75, 3.05) is 13.1 Å². The Morgan fingerprint density at radius 3 is 2.41 bits per heavy atom. The minimum atomic E-state index is 0.717. The third kappa shape index (κ3) is 3.45. The monoisotopic (exact) mass is 238 g/mol. The Bertz CT molecular complexity index is 221. The lowest BCUT2D eigenvalue weighted by atomic mass is 9.99. The average molecular weight is 238 g/mol. The van der Waals surface area contributed by atoms with Crippen LogP contribution in [0.25, 0.3) is 0 Å². The van der Waals surface area contributed by atoms with E-state index < -0.39 is 0 Å². The standard InChI is InChI=1S/C15H30N2/c1-12(2)17(14-6-4-5-7-14)11-9-15-13(3)8-10-16-15/h12-16H,4-11H2,1-3H3. The van der Waals surface area contributed by atoms with Gasteiger partial charge in [-0.05, 0) is 52.0 Å². The number of nitrogens with one attached hydrogen (secondary N) is 1. The molecule has 1 saturated carbocycles. The lowest BCUT2D eigenvalue weighted by molar-refractivity contribution is 0.145. The van der Waals surface area contributed by atoms with E-state index >= 15 is 0 Å². The molecule has 0 aromatic carbocycles. The molecule has 2 unspecified atom stereocenters. The molecular weight excluding hydrogens is 208 g/mol. The van der Waals surface area contributed by atoms with E-state index in [4.69, 9.17) is 0 Å². The van der Waals surface area contributed by atoms with Gasteiger partial charge in [-0.25, -0.2) is 0 Å². The normalized spacial score (nSPS) is 30.9. The number of nitrogens with zero attached hydrogens (tertiary/aromatic N) is 1. The van der Waals surface area contributed by atoms with E-state index in [9.17, 15) is 0 Å². The zero-order valence-corrected chi connectivity index (χ0v) is 11.9. The van der Waals surface area contributed by atoms with Gasteiger partial charge in [0, 0.05) is 24.7 Å². The molecule has 2 rings (SSSR count). The Morgan fingerprint density at radius 1 is 1.18 bits per heavy atom. The van der Waals surface area contributed by atoms with Gasteiger partial charge >= 0.3 is 0 Å². The van der Waals surface area contributed by atoms with E-state index in [2.05, 4.69) is 31.0 Å². The van der Waals surface area contributed by atoms with Crippen molar-refractivity contribution in [2.45, 2.75) is 77.4 Å². The fraction of sp³-hybridized carbons (Fsp3) is 1.00. The average Bonchev–Trinajstić information content (AvgIpc) is 2.91. The molecule has 2 aliphatic rings. The molecule has 100 valence electrons. The van der Waals surface area contributed by atoms with Crippen LogP contribution in [-0.2, 0) is 0 Å². The van der Waals surface area contributed by atoms with Crippen molar-refractivity contribution in [1.29, 1.82) is 0 Å². The summed E-state index contributed by atoms with van der Waals surface area (Å²) in [5.41, 5.74) is 0. The maximum absolute atomic E-state index is 3.66. The number of hydrogen-bond donors (Lipinski definition) is 1. The summed E-state index contributed by atoms with van der Waals surface area (Å²) in [6.45, 7) is 9.66. The Morgan fingerprint density at radius 2 is 1.88 bits per heavy atom. The van der Waals surface area contributed by atoms with Gasteiger partial charge in [-0.1, -0.05) is 19.8 Å². The van der Waals surface area contributed by atoms with Crippen molar-refractivity contribution < 1.29 is 0 Å². The molecule has 0 radical (unpaired) electrons. The molecule has 17 heavy (non-hydrogen) atoms. The molecule has 1 heterocycles. The minimum absolute atomic E-state index is 0.717. The highest BCUT2D eigenvalue weighted by molar-refractivity contribution is 4.85. The summed E-state index contributed by atoms with van der Waals surface area (Å²) in [6, 6.07) is 2.37. The molecule has 2 fully saturated rings. The molecule has 2 heteroatoms. The van der Waals surface area contributed by atoms with Gasteiger partial charge in [0.05, 0.1) is 0 Å². The fourth-order valence-corrected chi connectivity index (χ4v) is 3.67. The summed E-state index contributed by atoms with van der Waals surface area (Å²) in [4.78, 5) is 2.76. The zero-order chi connectivity index (χ0) is 12.3. The minimum Gasteiger partial charge on any atom is -0.314 e. The molecule has 0 aromatic rings. The Kier molecular flexibility index (Phi) is 4.87. The molecule has 1 aliphatic carbocycles. The Labute approximate surface area is 107 Å². The van der Waals surface area contributed by atoms with Crippen LogP contribution in [0, 0.1) is 5.92 Å². The summed E-state index contributed by atoms with van der Waals surface area (Å²) in [6.07, 6.45) is 8.49. The van der Waals surface area contributed by atoms with E-state index in [1.54, 1.807) is 0 Å². The van der Waals surface area contributed by atoms with Gasteiger partial charge < -0.3 is 5.32 Å². The lowest BCUT2D eigenvalue weighted by Gasteiger charge is -2.34. The second-order valence-electron chi connectivity index (χ2n) is 6.39. The number of hydrogen-bond acceptors (Lipinski definition) is 2. The predicted octanol–water partition coefficient (Wildman–Crippen LogP) is 3.03. The van der Waals surface area contributed by atoms with Crippen LogP contribution < -0.4 is 5.32 Å². The van der Waals surface area contributed by atoms with Crippen LogP contribution in [0.3, 0.4) is 0 Å². The first-order valence-electron chi connectivity index (χ1n) is 7.67. The highest BCUT2D eigenvalue weighted by Gasteiger charge is 2.27. The van der Waals surface area contributed by atoms with Gasteiger partial charge in [0.15, 0.2) is 0 Å². The second kappa shape index (κ2) is 6.19. The summed E-state index contributed by atoms with van der Waals surface area (Å²) in [7, 11) is 0. The van der Waals surface area contributed by atoms with Crippen LogP contribution in [0.2, 0.25) is 0 Å². The van der Waals surface area contributed by atoms with Gasteiger partial charge in [0.2, 0.25) is 0 Å². The van der Waals surface area contributed by atoms with Crippen molar-refractivity contribution in [2.24, 2.45) is 5.92 Å². The lowest BCUT2D eigenvalue weighted by Crippen LogP contribution is -2.42. The molecule has 1 saturated heterocycles. The van der Waals surface area contributed by atoms with Gasteiger partial charge in [-0.2, -0.15) is 0 Å². The predicted molar refractivity (Wildman–Crippen MR) is 74.3 cm³/mol. The van der Waals surface area contributed by atoms with Gasteiger partial charge in [0.25, 0.3) is 0 Å². The van der Waals surface area contributed by atoms with E-state index in [0.29, 0.717) is 0 Å². The van der Waals surface area contributed by atoms with Crippen LogP contribution in [0.15, 0.2) is 0 Å². The highest BCUT2D eigenvalue weighted by Crippen LogP contribution is 2.26. The molecule has 0 aromatic heterocycles. The molecule has 0 amide bonds. The van der Waals surface area contributed by atoms with Crippen molar-refractivity contribution in [3.8, 4) is 0 Å². The Balaban J connectivity index is 1.80. The van der Waals surface area contributed by atoms with E-state index in [-0.39, 0.29) is 0 Å². The topological polar surface area (TPSA) is 15.3 Å². The Hall–Kier alpha value is -0.0800. The molecule has 1 aliphatic heterocycles. The van der Waals surface area contributed by atoms with Crippen LogP contribution >= 0.6 is 0 Å². The van der Waals surface area contributed by atoms with E-state index in [1.165, 1.54) is 51.6 Å². The zero-order valence-electron chi connectivity index (χ0n) is 11.9. The fourth-order valence-electron chi connectivity index (χ4n) is 3.67. The first-order chi connectivity index (χ1) is 8.18. The first-order valence-corrected chi connectivity index (χ1v) is 7.67. The van der Waals surface area contributed by atoms with Crippen molar-refractivity contribution in [1.82, 2.24) is 10.2 Å². The maximum atomic E-state index is 3.66. The van der Waals surface area contributed by atoms with Gasteiger partial charge in [-0.3, -0.25) is 4.90 Å². The van der Waals surface area contributed by atoms with Crippen LogP contribution in [0.1, 0.15) is 59.3 Å². The SMILES string of the molecule is CC1CCNC1CCN(C(C)C)C1CCCC1. The van der Waals surface area contributed by atoms with Crippen LogP contribution in [-0.4, -0.2) is 36.1 Å². The third-order valence-electron chi connectivity index (χ3n) is 4.85. The van der Waals surface area contributed by atoms with Gasteiger partial charge in [0.1, 0.15) is 0 Å². The second-order valence-corrected chi connectivity index (χ2v) is 6.39. The molecule has 0 bridgehead atoms. The molecule has 2 nitrogen and oxygen atoms in total. The highest BCUT2D eigenvalue weighted by atomic mass is 15.2. The third-order valence-corrected chi connectivity index (χ3v) is 4.85. The summed E-state index contributed by atoms with van der Waals surface area (Å²) in [5, 5.41) is 3.66. The van der Waals surface area contributed by atoms with E-state index in [1.807, 2.05) is 0 Å². The molecular formula is C15H30N2. The summed E-state index contributed by atoms with van der Waals surface area (Å²) >= 11 is 0. The van der Waals surface area contributed by atoms with Crippen molar-refractivity contribution in [3.63, 3.8) is 0 Å². The molecule has 1 N–H and O–H groups in total. The maximum Gasteiger partial charge on any atom is 0.0105 e. The van der Waals surface area contributed by atoms with Gasteiger partial charge in [-0.15, -0.1) is 0 Å². The van der Waals surface area contributed by atoms with E-state index in [0.717, 1.165) is 24.0 Å². The van der Waals surface area contributed by atoms with Crippen molar-refractivity contribution >= 4 is 0 Å². The summed E-state index contributed by atoms with van der Waals surface area (Å²) in [5.74, 6) is 0.882. The smallest absolute Gasteiger partial charge is 0.0105 e. The van der Waals surface area contributed by atoms with Crippen LogP contribution in [0.5, 0.6) is 0 Å². The number of rotatable bonds is 5. The largest absolute Gasteiger partial charge is 0.314 e. The van der Waals surface area contributed by atoms with Crippen LogP contribution in [0.4, 0.5) is 0 Å². The first kappa shape index (κ1) is 13.4.